The van der Waals surface area contributed by atoms with Gasteiger partial charge in [0.1, 0.15) is 17.9 Å². The van der Waals surface area contributed by atoms with Crippen LogP contribution < -0.4 is 5.32 Å². The molecule has 0 bridgehead atoms. The van der Waals surface area contributed by atoms with Crippen molar-refractivity contribution in [2.24, 2.45) is 11.3 Å². The van der Waals surface area contributed by atoms with Crippen LogP contribution in [0.3, 0.4) is 0 Å². The van der Waals surface area contributed by atoms with Gasteiger partial charge in [0.05, 0.1) is 10.9 Å². The van der Waals surface area contributed by atoms with E-state index in [2.05, 4.69) is 5.32 Å². The Morgan fingerprint density at radius 3 is 2.32 bits per heavy atom. The fourth-order valence-electron chi connectivity index (χ4n) is 7.18. The molecule has 4 amide bonds. The van der Waals surface area contributed by atoms with Crippen LogP contribution in [-0.2, 0) is 19.8 Å². The Hall–Kier alpha value is -3.78. The molecule has 1 aromatic heterocycles. The van der Waals surface area contributed by atoms with Crippen LogP contribution in [0.15, 0.2) is 48.5 Å². The van der Waals surface area contributed by atoms with Crippen LogP contribution in [0.1, 0.15) is 65.6 Å². The highest BCUT2D eigenvalue weighted by atomic mass is 32.1. The van der Waals surface area contributed by atoms with Crippen LogP contribution in [0, 0.1) is 17.2 Å². The van der Waals surface area contributed by atoms with Gasteiger partial charge < -0.3 is 29.8 Å². The van der Waals surface area contributed by atoms with Crippen LogP contribution in [0.4, 0.5) is 13.2 Å². The molecule has 0 radical (unpaired) electrons. The van der Waals surface area contributed by atoms with Gasteiger partial charge in [-0.05, 0) is 72.5 Å². The van der Waals surface area contributed by atoms with Crippen molar-refractivity contribution in [3.63, 3.8) is 0 Å². The molecule has 268 valence electrons. The zero-order chi connectivity index (χ0) is 36.3. The average Bonchev–Trinajstić information content (AvgIpc) is 3.85. The Kier molecular flexibility index (Phi) is 9.42. The number of nitrogens with one attached hydrogen (secondary N) is 1. The molecule has 3 N–H and O–H groups in total. The Labute approximate surface area is 290 Å². The Morgan fingerprint density at radius 2 is 1.66 bits per heavy atom. The molecule has 3 aromatic rings. The van der Waals surface area contributed by atoms with E-state index >= 15 is 0 Å². The number of fused-ring (bicyclic) bond motifs is 2. The normalized spacial score (nSPS) is 21.8. The lowest BCUT2D eigenvalue weighted by Crippen LogP contribution is -2.58. The minimum atomic E-state index is -5.79. The lowest BCUT2D eigenvalue weighted by molar-refractivity contribution is -0.145. The summed E-state index contributed by atoms with van der Waals surface area (Å²) >= 11 is 0.979. The van der Waals surface area contributed by atoms with E-state index in [4.69, 9.17) is 9.79 Å². The number of carbonyl (C=O) groups excluding carboxylic acids is 4. The first kappa shape index (κ1) is 36.0. The second-order valence-corrected chi connectivity index (χ2v) is 17.0. The SMILES string of the molecule is CC(C)(C)C(NC(=O)c1cc2cc(C(F)(F)P(=O)(O)O)ccc2s1)C(=O)N1CCC[C@H]1C(=O)N1C[C@H]2CCN(C(=O)c3ccc(F)cc3)[C@H]2C1. The molecular formula is C34H38F3N4O7PS. The number of hydrogen-bond acceptors (Lipinski definition) is 6. The maximum Gasteiger partial charge on any atom is 0.399 e. The third-order valence-corrected chi connectivity index (χ3v) is 12.0. The van der Waals surface area contributed by atoms with E-state index in [-0.39, 0.29) is 34.0 Å². The molecule has 2 aromatic carbocycles. The number of amides is 4. The number of hydrogen-bond donors (Lipinski definition) is 3. The fourth-order valence-corrected chi connectivity index (χ4v) is 8.60. The molecule has 4 atom stereocenters. The summed E-state index contributed by atoms with van der Waals surface area (Å²) < 4.78 is 53.9. The molecule has 50 heavy (non-hydrogen) atoms. The number of rotatable bonds is 7. The first-order valence-corrected chi connectivity index (χ1v) is 18.7. The van der Waals surface area contributed by atoms with E-state index < -0.39 is 54.0 Å². The second kappa shape index (κ2) is 13.1. The standard InChI is InChI=1S/C34H38F3N4O7PS/c1-33(2,3)28(38-29(42)27-16-21-15-22(8-11-26(21)50-27)34(36,37)49(46,47)48)32(45)40-13-4-5-24(40)31(44)39-17-20-12-14-41(25(20)18-39)30(43)19-6-9-23(35)10-7-19/h6-11,15-16,20,24-25,28H,4-5,12-14,17-18H2,1-3H3,(H,38,42)(H2,46,47,48)/t20-,24+,25+,28?/m1/s1. The number of alkyl halides is 2. The largest absolute Gasteiger partial charge is 0.399 e. The van der Waals surface area contributed by atoms with Crippen molar-refractivity contribution in [1.82, 2.24) is 20.0 Å². The van der Waals surface area contributed by atoms with Gasteiger partial charge in [-0.15, -0.1) is 11.3 Å². The third-order valence-electron chi connectivity index (χ3n) is 9.87. The zero-order valence-electron chi connectivity index (χ0n) is 27.6. The molecular weight excluding hydrogens is 696 g/mol. The summed E-state index contributed by atoms with van der Waals surface area (Å²) in [6.07, 6.45) is 1.75. The third kappa shape index (κ3) is 6.68. The molecule has 0 spiro atoms. The zero-order valence-corrected chi connectivity index (χ0v) is 29.4. The van der Waals surface area contributed by atoms with Crippen molar-refractivity contribution in [2.75, 3.05) is 26.2 Å². The minimum Gasteiger partial charge on any atom is -0.339 e. The molecule has 11 nitrogen and oxygen atoms in total. The van der Waals surface area contributed by atoms with Crippen LogP contribution in [0.25, 0.3) is 10.1 Å². The first-order chi connectivity index (χ1) is 23.4. The van der Waals surface area contributed by atoms with Gasteiger partial charge in [-0.1, -0.05) is 26.8 Å². The predicted molar refractivity (Wildman–Crippen MR) is 179 cm³/mol. The molecule has 6 rings (SSSR count). The summed E-state index contributed by atoms with van der Waals surface area (Å²) in [5.74, 6) is -1.86. The van der Waals surface area contributed by atoms with Gasteiger partial charge >= 0.3 is 13.3 Å². The number of benzene rings is 2. The van der Waals surface area contributed by atoms with E-state index in [1.54, 1.807) is 30.6 Å². The summed E-state index contributed by atoms with van der Waals surface area (Å²) in [6, 6.07) is 7.80. The predicted octanol–water partition coefficient (Wildman–Crippen LogP) is 4.78. The highest BCUT2D eigenvalue weighted by Crippen LogP contribution is 2.59. The number of thiophene rings is 1. The summed E-state index contributed by atoms with van der Waals surface area (Å²) in [6.45, 7) is 6.95. The van der Waals surface area contributed by atoms with Gasteiger partial charge in [0, 0.05) is 47.9 Å². The number of likely N-dealkylation sites (tertiary alicyclic amines) is 3. The molecule has 0 saturated carbocycles. The van der Waals surface area contributed by atoms with Crippen LogP contribution in [-0.4, -0.2) is 92.4 Å². The first-order valence-electron chi connectivity index (χ1n) is 16.3. The van der Waals surface area contributed by atoms with E-state index in [1.807, 2.05) is 0 Å². The summed E-state index contributed by atoms with van der Waals surface area (Å²) in [5, 5.41) is 2.98. The van der Waals surface area contributed by atoms with Gasteiger partial charge in [-0.3, -0.25) is 23.7 Å². The van der Waals surface area contributed by atoms with E-state index in [0.717, 1.165) is 29.9 Å². The molecule has 3 saturated heterocycles. The lowest BCUT2D eigenvalue weighted by Gasteiger charge is -2.36. The van der Waals surface area contributed by atoms with Crippen LogP contribution in [0.2, 0.25) is 0 Å². The lowest BCUT2D eigenvalue weighted by atomic mass is 9.85. The Morgan fingerprint density at radius 1 is 0.960 bits per heavy atom. The maximum absolute atomic E-state index is 14.3. The van der Waals surface area contributed by atoms with Gasteiger partial charge in [0.2, 0.25) is 11.8 Å². The van der Waals surface area contributed by atoms with Crippen LogP contribution in [0.5, 0.6) is 0 Å². The molecule has 1 unspecified atom stereocenters. The summed E-state index contributed by atoms with van der Waals surface area (Å²) in [7, 11) is -5.79. The quantitative estimate of drug-likeness (QED) is 0.296. The molecule has 16 heteroatoms. The Bertz CT molecular complexity index is 1890. The number of carbonyl (C=O) groups is 4. The highest BCUT2D eigenvalue weighted by Gasteiger charge is 2.51. The summed E-state index contributed by atoms with van der Waals surface area (Å²) in [5.41, 5.74) is -5.71. The minimum absolute atomic E-state index is 0.0796. The smallest absolute Gasteiger partial charge is 0.339 e. The van der Waals surface area contributed by atoms with Gasteiger partial charge in [0.15, 0.2) is 0 Å². The van der Waals surface area contributed by atoms with E-state index in [0.29, 0.717) is 49.3 Å². The highest BCUT2D eigenvalue weighted by molar-refractivity contribution is 7.52. The topological polar surface area (TPSA) is 148 Å². The van der Waals surface area contributed by atoms with Crippen molar-refractivity contribution in [3.8, 4) is 0 Å². The van der Waals surface area contributed by atoms with Crippen LogP contribution >= 0.6 is 18.9 Å². The van der Waals surface area contributed by atoms with Crippen molar-refractivity contribution >= 4 is 52.6 Å². The molecule has 3 aliphatic heterocycles. The molecule has 3 aliphatic rings. The second-order valence-electron chi connectivity index (χ2n) is 14.3. The molecule has 0 aliphatic carbocycles. The number of nitrogens with zero attached hydrogens (tertiary/aromatic N) is 3. The summed E-state index contributed by atoms with van der Waals surface area (Å²) in [4.78, 5) is 78.1. The number of halogens is 3. The Balaban J connectivity index is 1.15. The average molecular weight is 735 g/mol. The van der Waals surface area contributed by atoms with Crippen molar-refractivity contribution in [2.45, 2.75) is 63.8 Å². The fraction of sp³-hybridized carbons (Fsp3) is 0.471. The van der Waals surface area contributed by atoms with Crippen molar-refractivity contribution in [1.29, 1.82) is 0 Å². The van der Waals surface area contributed by atoms with Gasteiger partial charge in [-0.2, -0.15) is 8.78 Å². The molecule has 4 heterocycles. The maximum atomic E-state index is 14.3. The van der Waals surface area contributed by atoms with Crippen molar-refractivity contribution in [3.05, 3.63) is 70.4 Å². The van der Waals surface area contributed by atoms with E-state index in [9.17, 15) is 36.9 Å². The monoisotopic (exact) mass is 734 g/mol. The van der Waals surface area contributed by atoms with E-state index in [1.165, 1.54) is 41.3 Å². The van der Waals surface area contributed by atoms with Gasteiger partial charge in [0.25, 0.3) is 11.8 Å². The van der Waals surface area contributed by atoms with Crippen molar-refractivity contribution < 1.29 is 46.7 Å². The molecule has 3 fully saturated rings. The van der Waals surface area contributed by atoms with Gasteiger partial charge in [-0.25, -0.2) is 4.39 Å².